The standard InChI is InChI=1S/C13H16ClFN2/c1-3-9(2)17-12-5-4-10(15)8-11(12)16-13(17)6-7-14/h4-5,8-9H,3,6-7H2,1-2H3. The molecule has 1 aromatic heterocycles. The molecule has 1 aromatic carbocycles. The Hall–Kier alpha value is -1.09. The molecule has 0 spiro atoms. The molecule has 2 aromatic rings. The zero-order valence-electron chi connectivity index (χ0n) is 10.1. The van der Waals surface area contributed by atoms with E-state index in [-0.39, 0.29) is 5.82 Å². The molecule has 0 bridgehead atoms. The number of rotatable bonds is 4. The average molecular weight is 255 g/mol. The van der Waals surface area contributed by atoms with Crippen LogP contribution in [0.1, 0.15) is 32.1 Å². The SMILES string of the molecule is CCC(C)n1c(CCCl)nc2cc(F)ccc21. The van der Waals surface area contributed by atoms with Gasteiger partial charge in [-0.1, -0.05) is 6.92 Å². The molecule has 0 N–H and O–H groups in total. The maximum absolute atomic E-state index is 13.2. The zero-order chi connectivity index (χ0) is 12.4. The molecular formula is C13H16ClFN2. The molecule has 4 heteroatoms. The Labute approximate surface area is 105 Å². The van der Waals surface area contributed by atoms with Crippen LogP contribution in [-0.2, 0) is 6.42 Å². The van der Waals surface area contributed by atoms with Gasteiger partial charge in [0.25, 0.3) is 0 Å². The van der Waals surface area contributed by atoms with Crippen molar-refractivity contribution >= 4 is 22.6 Å². The van der Waals surface area contributed by atoms with Crippen LogP contribution in [0.5, 0.6) is 0 Å². The van der Waals surface area contributed by atoms with E-state index in [1.807, 2.05) is 0 Å². The van der Waals surface area contributed by atoms with Crippen molar-refractivity contribution in [1.29, 1.82) is 0 Å². The summed E-state index contributed by atoms with van der Waals surface area (Å²) in [6.45, 7) is 4.27. The van der Waals surface area contributed by atoms with Crippen LogP contribution in [0, 0.1) is 5.82 Å². The van der Waals surface area contributed by atoms with Gasteiger partial charge in [0.05, 0.1) is 11.0 Å². The number of nitrogens with zero attached hydrogens (tertiary/aromatic N) is 2. The largest absolute Gasteiger partial charge is 0.325 e. The van der Waals surface area contributed by atoms with Crippen LogP contribution in [0.2, 0.25) is 0 Å². The summed E-state index contributed by atoms with van der Waals surface area (Å²) in [7, 11) is 0. The van der Waals surface area contributed by atoms with E-state index in [2.05, 4.69) is 23.4 Å². The predicted molar refractivity (Wildman–Crippen MR) is 69.1 cm³/mol. The summed E-state index contributed by atoms with van der Waals surface area (Å²) >= 11 is 5.79. The van der Waals surface area contributed by atoms with Gasteiger partial charge in [-0.15, -0.1) is 11.6 Å². The number of hydrogen-bond donors (Lipinski definition) is 0. The second kappa shape index (κ2) is 5.05. The molecular weight excluding hydrogens is 239 g/mol. The Bertz CT molecular complexity index is 521. The summed E-state index contributed by atoms with van der Waals surface area (Å²) in [5.74, 6) is 1.22. The van der Waals surface area contributed by atoms with E-state index in [9.17, 15) is 4.39 Å². The number of fused-ring (bicyclic) bond motifs is 1. The minimum Gasteiger partial charge on any atom is -0.325 e. The van der Waals surface area contributed by atoms with Gasteiger partial charge in [0, 0.05) is 24.4 Å². The summed E-state index contributed by atoms with van der Waals surface area (Å²) in [6.07, 6.45) is 1.72. The molecule has 0 fully saturated rings. The third-order valence-corrected chi connectivity index (χ3v) is 3.26. The van der Waals surface area contributed by atoms with Gasteiger partial charge in [-0.2, -0.15) is 0 Å². The van der Waals surface area contributed by atoms with Gasteiger partial charge in [0.15, 0.2) is 0 Å². The first-order chi connectivity index (χ1) is 8.17. The molecule has 1 heterocycles. The monoisotopic (exact) mass is 254 g/mol. The number of halogens is 2. The lowest BCUT2D eigenvalue weighted by Gasteiger charge is -2.15. The molecule has 2 rings (SSSR count). The fraction of sp³-hybridized carbons (Fsp3) is 0.462. The van der Waals surface area contributed by atoms with Gasteiger partial charge >= 0.3 is 0 Å². The molecule has 1 atom stereocenters. The minimum absolute atomic E-state index is 0.247. The number of imidazole rings is 1. The van der Waals surface area contributed by atoms with E-state index in [4.69, 9.17) is 11.6 Å². The van der Waals surface area contributed by atoms with Crippen LogP contribution >= 0.6 is 11.6 Å². The normalized spacial score (nSPS) is 13.2. The quantitative estimate of drug-likeness (QED) is 0.756. The molecule has 0 saturated heterocycles. The van der Waals surface area contributed by atoms with Crippen LogP contribution in [-0.4, -0.2) is 15.4 Å². The Morgan fingerprint density at radius 2 is 2.24 bits per heavy atom. The summed E-state index contributed by atoms with van der Waals surface area (Å²) < 4.78 is 15.3. The summed E-state index contributed by atoms with van der Waals surface area (Å²) in [5, 5.41) is 0. The zero-order valence-corrected chi connectivity index (χ0v) is 10.8. The number of aryl methyl sites for hydroxylation is 1. The van der Waals surface area contributed by atoms with E-state index in [0.29, 0.717) is 23.9 Å². The Morgan fingerprint density at radius 3 is 2.88 bits per heavy atom. The van der Waals surface area contributed by atoms with Crippen LogP contribution in [0.3, 0.4) is 0 Å². The first kappa shape index (κ1) is 12.4. The summed E-state index contributed by atoms with van der Waals surface area (Å²) in [4.78, 5) is 4.47. The van der Waals surface area contributed by atoms with Gasteiger partial charge in [-0.3, -0.25) is 0 Å². The van der Waals surface area contributed by atoms with Gasteiger partial charge < -0.3 is 4.57 Å². The van der Waals surface area contributed by atoms with Crippen molar-refractivity contribution in [3.63, 3.8) is 0 Å². The van der Waals surface area contributed by atoms with Gasteiger partial charge in [-0.05, 0) is 25.5 Å². The number of alkyl halides is 1. The highest BCUT2D eigenvalue weighted by molar-refractivity contribution is 6.17. The topological polar surface area (TPSA) is 17.8 Å². The molecule has 0 aliphatic rings. The highest BCUT2D eigenvalue weighted by atomic mass is 35.5. The Balaban J connectivity index is 2.62. The lowest BCUT2D eigenvalue weighted by molar-refractivity contribution is 0.524. The highest BCUT2D eigenvalue weighted by Gasteiger charge is 2.14. The van der Waals surface area contributed by atoms with Crippen molar-refractivity contribution in [2.75, 3.05) is 5.88 Å². The molecule has 1 unspecified atom stereocenters. The van der Waals surface area contributed by atoms with E-state index < -0.39 is 0 Å². The molecule has 0 aliphatic carbocycles. The van der Waals surface area contributed by atoms with Crippen molar-refractivity contribution in [2.45, 2.75) is 32.7 Å². The van der Waals surface area contributed by atoms with Crippen LogP contribution < -0.4 is 0 Å². The molecule has 0 saturated carbocycles. The third-order valence-electron chi connectivity index (χ3n) is 3.07. The van der Waals surface area contributed by atoms with E-state index in [1.54, 1.807) is 6.07 Å². The van der Waals surface area contributed by atoms with Crippen molar-refractivity contribution in [2.24, 2.45) is 0 Å². The fourth-order valence-electron chi connectivity index (χ4n) is 2.06. The maximum atomic E-state index is 13.2. The van der Waals surface area contributed by atoms with Crippen molar-refractivity contribution in [3.8, 4) is 0 Å². The van der Waals surface area contributed by atoms with Crippen LogP contribution in [0.4, 0.5) is 4.39 Å². The number of hydrogen-bond acceptors (Lipinski definition) is 1. The van der Waals surface area contributed by atoms with Crippen molar-refractivity contribution in [3.05, 3.63) is 29.8 Å². The molecule has 0 radical (unpaired) electrons. The van der Waals surface area contributed by atoms with E-state index >= 15 is 0 Å². The van der Waals surface area contributed by atoms with Crippen LogP contribution in [0.15, 0.2) is 18.2 Å². The second-order valence-electron chi connectivity index (χ2n) is 4.23. The maximum Gasteiger partial charge on any atom is 0.125 e. The van der Waals surface area contributed by atoms with E-state index in [0.717, 1.165) is 17.8 Å². The molecule has 92 valence electrons. The van der Waals surface area contributed by atoms with Crippen molar-refractivity contribution in [1.82, 2.24) is 9.55 Å². The summed E-state index contributed by atoms with van der Waals surface area (Å²) in [5.41, 5.74) is 1.70. The lowest BCUT2D eigenvalue weighted by Crippen LogP contribution is -2.09. The first-order valence-corrected chi connectivity index (χ1v) is 6.43. The minimum atomic E-state index is -0.247. The molecule has 17 heavy (non-hydrogen) atoms. The van der Waals surface area contributed by atoms with E-state index in [1.165, 1.54) is 12.1 Å². The van der Waals surface area contributed by atoms with Gasteiger partial charge in [0.2, 0.25) is 0 Å². The number of benzene rings is 1. The Morgan fingerprint density at radius 1 is 1.47 bits per heavy atom. The lowest BCUT2D eigenvalue weighted by atomic mass is 10.2. The third kappa shape index (κ3) is 2.29. The highest BCUT2D eigenvalue weighted by Crippen LogP contribution is 2.24. The van der Waals surface area contributed by atoms with Crippen LogP contribution in [0.25, 0.3) is 11.0 Å². The molecule has 0 aliphatic heterocycles. The summed E-state index contributed by atoms with van der Waals surface area (Å²) in [6, 6.07) is 5.10. The number of aromatic nitrogens is 2. The average Bonchev–Trinajstić information content (AvgIpc) is 2.65. The molecule has 0 amide bonds. The molecule has 2 nitrogen and oxygen atoms in total. The second-order valence-corrected chi connectivity index (χ2v) is 4.61. The van der Waals surface area contributed by atoms with Gasteiger partial charge in [-0.25, -0.2) is 9.37 Å². The van der Waals surface area contributed by atoms with Crippen molar-refractivity contribution < 1.29 is 4.39 Å². The fourth-order valence-corrected chi connectivity index (χ4v) is 2.23. The first-order valence-electron chi connectivity index (χ1n) is 5.89. The smallest absolute Gasteiger partial charge is 0.125 e. The Kier molecular flexibility index (Phi) is 3.67. The van der Waals surface area contributed by atoms with Gasteiger partial charge in [0.1, 0.15) is 11.6 Å². The predicted octanol–water partition coefficient (Wildman–Crippen LogP) is 3.93.